The number of hydrogen-bond donors (Lipinski definition) is 2. The van der Waals surface area contributed by atoms with Crippen LogP contribution in [0.25, 0.3) is 11.3 Å². The fraction of sp³-hybridized carbons (Fsp3) is 0.185. The third-order valence-corrected chi connectivity index (χ3v) is 5.45. The maximum atomic E-state index is 12.9. The largest absolute Gasteiger partial charge is 0.368 e. The number of rotatable bonds is 6. The lowest BCUT2D eigenvalue weighted by molar-refractivity contribution is 0.231. The average Bonchev–Trinajstić information content (AvgIpc) is 2.84. The number of pyridine rings is 1. The number of anilines is 2. The predicted molar refractivity (Wildman–Crippen MR) is 132 cm³/mol. The topological polar surface area (TPSA) is 57.3 Å². The summed E-state index contributed by atoms with van der Waals surface area (Å²) in [6.45, 7) is 5.40. The Bertz CT molecular complexity index is 1120. The molecule has 0 saturated heterocycles. The summed E-state index contributed by atoms with van der Waals surface area (Å²) < 4.78 is 0. The molecule has 1 atom stereocenters. The lowest BCUT2D eigenvalue weighted by atomic mass is 10.0. The molecule has 0 radical (unpaired) electrons. The molecule has 32 heavy (non-hydrogen) atoms. The number of hydrogen-bond acceptors (Lipinski definition) is 3. The Hall–Kier alpha value is -3.86. The van der Waals surface area contributed by atoms with Crippen molar-refractivity contribution in [1.29, 1.82) is 0 Å². The summed E-state index contributed by atoms with van der Waals surface area (Å²) in [5, 5.41) is 6.49. The molecular weight excluding hydrogens is 396 g/mol. The van der Waals surface area contributed by atoms with Crippen LogP contribution < -0.4 is 10.6 Å². The molecule has 162 valence electrons. The minimum atomic E-state index is -0.179. The van der Waals surface area contributed by atoms with Crippen molar-refractivity contribution in [3.63, 3.8) is 0 Å². The minimum absolute atomic E-state index is 0.179. The maximum absolute atomic E-state index is 12.9. The second-order valence-electron chi connectivity index (χ2n) is 8.01. The van der Waals surface area contributed by atoms with E-state index < -0.39 is 0 Å². The number of amides is 2. The van der Waals surface area contributed by atoms with Crippen LogP contribution in [0, 0.1) is 0 Å². The van der Waals surface area contributed by atoms with Gasteiger partial charge in [-0.1, -0.05) is 79.7 Å². The molecule has 5 nitrogen and oxygen atoms in total. The van der Waals surface area contributed by atoms with E-state index in [2.05, 4.69) is 29.7 Å². The summed E-state index contributed by atoms with van der Waals surface area (Å²) in [6.07, 6.45) is 5.84. The summed E-state index contributed by atoms with van der Waals surface area (Å²) in [5.41, 5.74) is 4.85. The number of allylic oxidation sites excluding steroid dienone is 2. The van der Waals surface area contributed by atoms with E-state index in [4.69, 9.17) is 4.98 Å². The van der Waals surface area contributed by atoms with Gasteiger partial charge in [0.15, 0.2) is 5.82 Å². The van der Waals surface area contributed by atoms with Crippen molar-refractivity contribution in [2.45, 2.75) is 19.8 Å². The Balaban J connectivity index is 1.57. The van der Waals surface area contributed by atoms with Gasteiger partial charge in [-0.3, -0.25) is 4.90 Å². The molecule has 0 spiro atoms. The first kappa shape index (κ1) is 21.4. The van der Waals surface area contributed by atoms with Crippen LogP contribution in [0.3, 0.4) is 0 Å². The van der Waals surface area contributed by atoms with Crippen molar-refractivity contribution in [3.8, 4) is 11.3 Å². The van der Waals surface area contributed by atoms with Crippen LogP contribution in [0.1, 0.15) is 25.3 Å². The number of carbonyl (C=O) groups excluding carboxylic acids is 1. The van der Waals surface area contributed by atoms with Crippen molar-refractivity contribution in [1.82, 2.24) is 9.88 Å². The van der Waals surface area contributed by atoms with Gasteiger partial charge in [-0.25, -0.2) is 9.78 Å². The SMILES string of the molecule is CC1=CN(C(=O)Nc2ccc(-c3ccccc3)nc2NC[C@H](C)c2ccccc2)CC=C1. The molecule has 2 aromatic carbocycles. The molecule has 0 saturated carbocycles. The molecule has 2 amide bonds. The third kappa shape index (κ3) is 5.24. The molecular formula is C27H28N4O. The van der Waals surface area contributed by atoms with Crippen LogP contribution in [-0.2, 0) is 0 Å². The molecule has 0 bridgehead atoms. The molecule has 0 unspecified atom stereocenters. The Morgan fingerprint density at radius 3 is 2.47 bits per heavy atom. The van der Waals surface area contributed by atoms with Gasteiger partial charge in [0.1, 0.15) is 0 Å². The highest BCUT2D eigenvalue weighted by molar-refractivity contribution is 5.93. The van der Waals surface area contributed by atoms with Crippen molar-refractivity contribution in [3.05, 3.63) is 102 Å². The zero-order chi connectivity index (χ0) is 22.3. The zero-order valence-electron chi connectivity index (χ0n) is 18.5. The molecule has 5 heteroatoms. The highest BCUT2D eigenvalue weighted by Crippen LogP contribution is 2.27. The predicted octanol–water partition coefficient (Wildman–Crippen LogP) is 6.27. The lowest BCUT2D eigenvalue weighted by Crippen LogP contribution is -2.32. The number of nitrogens with zero attached hydrogens (tertiary/aromatic N) is 2. The van der Waals surface area contributed by atoms with Crippen molar-refractivity contribution >= 4 is 17.5 Å². The Morgan fingerprint density at radius 1 is 1.03 bits per heavy atom. The lowest BCUT2D eigenvalue weighted by Gasteiger charge is -2.22. The van der Waals surface area contributed by atoms with Crippen molar-refractivity contribution in [2.24, 2.45) is 0 Å². The quantitative estimate of drug-likeness (QED) is 0.490. The van der Waals surface area contributed by atoms with Crippen molar-refractivity contribution < 1.29 is 4.79 Å². The summed E-state index contributed by atoms with van der Waals surface area (Å²) in [7, 11) is 0. The van der Waals surface area contributed by atoms with Gasteiger partial charge in [-0.15, -0.1) is 0 Å². The molecule has 2 N–H and O–H groups in total. The standard InChI is InChI=1S/C27H28N4O/c1-20-10-9-17-31(19-20)27(32)30-25-16-15-24(23-13-7-4-8-14-23)29-26(25)28-18-21(2)22-11-5-3-6-12-22/h3-16,19,21H,17-18H2,1-2H3,(H,28,29)(H,30,32)/t21-/m0/s1. The van der Waals surface area contributed by atoms with E-state index in [1.807, 2.05) is 85.9 Å². The van der Waals surface area contributed by atoms with Gasteiger partial charge in [0.25, 0.3) is 0 Å². The normalized spacial score (nSPS) is 13.9. The zero-order valence-corrected chi connectivity index (χ0v) is 18.5. The first-order valence-corrected chi connectivity index (χ1v) is 10.9. The number of nitrogens with one attached hydrogen (secondary N) is 2. The molecule has 3 aromatic rings. The van der Waals surface area contributed by atoms with E-state index >= 15 is 0 Å². The van der Waals surface area contributed by atoms with Crippen LogP contribution in [0.15, 0.2) is 96.7 Å². The monoisotopic (exact) mass is 424 g/mol. The first-order valence-electron chi connectivity index (χ1n) is 10.9. The number of carbonyl (C=O) groups is 1. The van der Waals surface area contributed by atoms with Gasteiger partial charge in [0, 0.05) is 24.9 Å². The highest BCUT2D eigenvalue weighted by Gasteiger charge is 2.16. The summed E-state index contributed by atoms with van der Waals surface area (Å²) >= 11 is 0. The van der Waals surface area contributed by atoms with Crippen LogP contribution in [-0.4, -0.2) is 29.0 Å². The highest BCUT2D eigenvalue weighted by atomic mass is 16.2. The fourth-order valence-corrected chi connectivity index (χ4v) is 3.64. The second kappa shape index (κ2) is 9.96. The number of aromatic nitrogens is 1. The number of benzene rings is 2. The molecule has 2 heterocycles. The summed E-state index contributed by atoms with van der Waals surface area (Å²) in [4.78, 5) is 19.4. The Labute approximate surface area is 189 Å². The fourth-order valence-electron chi connectivity index (χ4n) is 3.64. The smallest absolute Gasteiger partial charge is 0.326 e. The molecule has 0 aliphatic carbocycles. The molecule has 1 aromatic heterocycles. The van der Waals surface area contributed by atoms with Gasteiger partial charge in [0.2, 0.25) is 0 Å². The van der Waals surface area contributed by atoms with E-state index in [-0.39, 0.29) is 6.03 Å². The average molecular weight is 425 g/mol. The van der Waals surface area contributed by atoms with Crippen LogP contribution in [0.4, 0.5) is 16.3 Å². The van der Waals surface area contributed by atoms with E-state index in [1.54, 1.807) is 4.90 Å². The minimum Gasteiger partial charge on any atom is -0.368 e. The molecule has 1 aliphatic rings. The van der Waals surface area contributed by atoms with Crippen LogP contribution >= 0.6 is 0 Å². The van der Waals surface area contributed by atoms with E-state index in [1.165, 1.54) is 5.56 Å². The third-order valence-electron chi connectivity index (χ3n) is 5.45. The first-order chi connectivity index (χ1) is 15.6. The Kier molecular flexibility index (Phi) is 6.66. The van der Waals surface area contributed by atoms with Gasteiger partial charge in [-0.2, -0.15) is 0 Å². The van der Waals surface area contributed by atoms with Gasteiger partial charge < -0.3 is 10.6 Å². The van der Waals surface area contributed by atoms with Gasteiger partial charge in [0.05, 0.1) is 11.4 Å². The molecule has 0 fully saturated rings. The summed E-state index contributed by atoms with van der Waals surface area (Å²) in [5.74, 6) is 0.954. The van der Waals surface area contributed by atoms with Gasteiger partial charge >= 0.3 is 6.03 Å². The van der Waals surface area contributed by atoms with Crippen LogP contribution in [0.5, 0.6) is 0 Å². The second-order valence-corrected chi connectivity index (χ2v) is 8.01. The van der Waals surface area contributed by atoms with Gasteiger partial charge in [-0.05, 0) is 36.1 Å². The van der Waals surface area contributed by atoms with Crippen LogP contribution in [0.2, 0.25) is 0 Å². The number of urea groups is 1. The maximum Gasteiger partial charge on any atom is 0.326 e. The van der Waals surface area contributed by atoms with E-state index in [0.717, 1.165) is 16.8 Å². The Morgan fingerprint density at radius 2 is 1.75 bits per heavy atom. The molecule has 1 aliphatic heterocycles. The van der Waals surface area contributed by atoms with E-state index in [9.17, 15) is 4.79 Å². The molecule has 4 rings (SSSR count). The van der Waals surface area contributed by atoms with Crippen molar-refractivity contribution in [2.75, 3.05) is 23.7 Å². The van der Waals surface area contributed by atoms with E-state index in [0.29, 0.717) is 30.5 Å². The summed E-state index contributed by atoms with van der Waals surface area (Å²) in [6, 6.07) is 24.1.